The molecule has 28 heavy (non-hydrogen) atoms. The number of hydrogen-bond donors (Lipinski definition) is 2. The van der Waals surface area contributed by atoms with Gasteiger partial charge in [0, 0.05) is 24.6 Å². The lowest BCUT2D eigenvalue weighted by atomic mass is 10.1. The monoisotopic (exact) mass is 376 g/mol. The van der Waals surface area contributed by atoms with Crippen molar-refractivity contribution < 1.29 is 9.53 Å². The fraction of sp³-hybridized carbons (Fsp3) is 0.227. The van der Waals surface area contributed by atoms with E-state index >= 15 is 0 Å². The molecule has 0 unspecified atom stereocenters. The van der Waals surface area contributed by atoms with Gasteiger partial charge in [0.2, 0.25) is 5.95 Å². The molecular weight excluding hydrogens is 352 g/mol. The lowest BCUT2D eigenvalue weighted by molar-refractivity contribution is 0.0953. The smallest absolute Gasteiger partial charge is 0.254 e. The third kappa shape index (κ3) is 5.07. The van der Waals surface area contributed by atoms with Crippen LogP contribution in [0.1, 0.15) is 27.0 Å². The van der Waals surface area contributed by atoms with Crippen LogP contribution in [-0.2, 0) is 6.42 Å². The predicted octanol–water partition coefficient (Wildman–Crippen LogP) is 3.82. The minimum atomic E-state index is -0.188. The number of aromatic nitrogens is 2. The minimum Gasteiger partial charge on any atom is -0.497 e. The van der Waals surface area contributed by atoms with Crippen molar-refractivity contribution in [2.24, 2.45) is 0 Å². The molecule has 2 N–H and O–H groups in total. The van der Waals surface area contributed by atoms with Gasteiger partial charge in [-0.15, -0.1) is 0 Å². The van der Waals surface area contributed by atoms with Crippen LogP contribution in [0.3, 0.4) is 0 Å². The largest absolute Gasteiger partial charge is 0.497 e. The second-order valence-corrected chi connectivity index (χ2v) is 6.59. The van der Waals surface area contributed by atoms with Gasteiger partial charge in [-0.1, -0.05) is 29.8 Å². The molecule has 144 valence electrons. The molecular formula is C22H24N4O2. The maximum atomic E-state index is 12.3. The number of carbonyl (C=O) groups excluding carboxylic acids is 1. The Hall–Kier alpha value is -3.41. The number of rotatable bonds is 7. The molecule has 1 aromatic heterocycles. The van der Waals surface area contributed by atoms with Crippen molar-refractivity contribution >= 4 is 17.5 Å². The predicted molar refractivity (Wildman–Crippen MR) is 110 cm³/mol. The van der Waals surface area contributed by atoms with Crippen LogP contribution in [0.25, 0.3) is 0 Å². The maximum absolute atomic E-state index is 12.3. The van der Waals surface area contributed by atoms with Crippen molar-refractivity contribution in [3.63, 3.8) is 0 Å². The summed E-state index contributed by atoms with van der Waals surface area (Å²) in [6.45, 7) is 4.61. The first-order valence-corrected chi connectivity index (χ1v) is 9.12. The first kappa shape index (κ1) is 19.4. The van der Waals surface area contributed by atoms with Crippen LogP contribution in [0.4, 0.5) is 11.6 Å². The zero-order valence-corrected chi connectivity index (χ0v) is 16.3. The van der Waals surface area contributed by atoms with E-state index in [0.29, 0.717) is 18.1 Å². The van der Waals surface area contributed by atoms with Gasteiger partial charge in [0.1, 0.15) is 5.75 Å². The molecule has 0 radical (unpaired) electrons. The number of methoxy groups -OCH3 is 1. The van der Waals surface area contributed by atoms with Crippen molar-refractivity contribution in [1.82, 2.24) is 15.3 Å². The molecule has 3 rings (SSSR count). The SMILES string of the molecule is COc1ccc(CCNC(=O)c2cnc(Nc3ccc(C)cc3C)nc2)cc1. The van der Waals surface area contributed by atoms with Gasteiger partial charge in [0.25, 0.3) is 5.91 Å². The Morgan fingerprint density at radius 2 is 1.75 bits per heavy atom. The summed E-state index contributed by atoms with van der Waals surface area (Å²) in [6, 6.07) is 13.9. The van der Waals surface area contributed by atoms with Crippen LogP contribution in [0.5, 0.6) is 5.75 Å². The van der Waals surface area contributed by atoms with Crippen LogP contribution < -0.4 is 15.4 Å². The molecule has 3 aromatic rings. The van der Waals surface area contributed by atoms with Crippen molar-refractivity contribution in [2.45, 2.75) is 20.3 Å². The molecule has 0 bridgehead atoms. The van der Waals surface area contributed by atoms with Crippen LogP contribution in [0, 0.1) is 13.8 Å². The molecule has 0 saturated heterocycles. The van der Waals surface area contributed by atoms with Crippen LogP contribution >= 0.6 is 0 Å². The van der Waals surface area contributed by atoms with E-state index in [-0.39, 0.29) is 5.91 Å². The van der Waals surface area contributed by atoms with E-state index in [4.69, 9.17) is 4.74 Å². The summed E-state index contributed by atoms with van der Waals surface area (Å²) in [4.78, 5) is 20.8. The summed E-state index contributed by atoms with van der Waals surface area (Å²) in [7, 11) is 1.64. The minimum absolute atomic E-state index is 0.188. The average molecular weight is 376 g/mol. The number of hydrogen-bond acceptors (Lipinski definition) is 5. The number of nitrogens with one attached hydrogen (secondary N) is 2. The molecule has 1 amide bonds. The van der Waals surface area contributed by atoms with Crippen LogP contribution in [0.2, 0.25) is 0 Å². The third-order valence-electron chi connectivity index (χ3n) is 4.40. The molecule has 0 spiro atoms. The van der Waals surface area contributed by atoms with E-state index in [1.54, 1.807) is 7.11 Å². The Labute approximate surface area is 165 Å². The van der Waals surface area contributed by atoms with Crippen molar-refractivity contribution in [3.8, 4) is 5.75 Å². The van der Waals surface area contributed by atoms with Gasteiger partial charge >= 0.3 is 0 Å². The van der Waals surface area contributed by atoms with Crippen LogP contribution in [-0.4, -0.2) is 29.5 Å². The molecule has 0 aliphatic heterocycles. The van der Waals surface area contributed by atoms with Crippen molar-refractivity contribution in [1.29, 1.82) is 0 Å². The standard InChI is InChI=1S/C22H24N4O2/c1-15-4-9-20(16(2)12-15)26-22-24-13-18(14-25-22)21(27)23-11-10-17-5-7-19(28-3)8-6-17/h4-9,12-14H,10-11H2,1-3H3,(H,23,27)(H,24,25,26). The summed E-state index contributed by atoms with van der Waals surface area (Å²) < 4.78 is 5.14. The number of ether oxygens (including phenoxy) is 1. The van der Waals surface area contributed by atoms with Gasteiger partial charge < -0.3 is 15.4 Å². The van der Waals surface area contributed by atoms with E-state index in [1.165, 1.54) is 18.0 Å². The van der Waals surface area contributed by atoms with E-state index in [1.807, 2.05) is 43.3 Å². The van der Waals surface area contributed by atoms with Gasteiger partial charge in [-0.2, -0.15) is 0 Å². The highest BCUT2D eigenvalue weighted by Crippen LogP contribution is 2.19. The average Bonchev–Trinajstić information content (AvgIpc) is 2.71. The molecule has 6 nitrogen and oxygen atoms in total. The Kier molecular flexibility index (Phi) is 6.22. The maximum Gasteiger partial charge on any atom is 0.254 e. The molecule has 0 fully saturated rings. The van der Waals surface area contributed by atoms with E-state index in [2.05, 4.69) is 33.6 Å². The van der Waals surface area contributed by atoms with E-state index < -0.39 is 0 Å². The normalized spacial score (nSPS) is 10.4. The highest BCUT2D eigenvalue weighted by atomic mass is 16.5. The fourth-order valence-corrected chi connectivity index (χ4v) is 2.80. The third-order valence-corrected chi connectivity index (χ3v) is 4.40. The highest BCUT2D eigenvalue weighted by Gasteiger charge is 2.08. The second kappa shape index (κ2) is 8.99. The molecule has 0 aliphatic rings. The van der Waals surface area contributed by atoms with Gasteiger partial charge in [0.15, 0.2) is 0 Å². The fourth-order valence-electron chi connectivity index (χ4n) is 2.80. The number of nitrogens with zero attached hydrogens (tertiary/aromatic N) is 2. The lowest BCUT2D eigenvalue weighted by Gasteiger charge is -2.09. The Morgan fingerprint density at radius 1 is 1.04 bits per heavy atom. The summed E-state index contributed by atoms with van der Waals surface area (Å²) >= 11 is 0. The van der Waals surface area contributed by atoms with Crippen LogP contribution in [0.15, 0.2) is 54.9 Å². The Balaban J connectivity index is 1.52. The van der Waals surface area contributed by atoms with Gasteiger partial charge in [-0.3, -0.25) is 4.79 Å². The van der Waals surface area contributed by atoms with E-state index in [0.717, 1.165) is 29.0 Å². The van der Waals surface area contributed by atoms with Crippen molar-refractivity contribution in [3.05, 3.63) is 77.1 Å². The Morgan fingerprint density at radius 3 is 2.39 bits per heavy atom. The molecule has 0 atom stereocenters. The summed E-state index contributed by atoms with van der Waals surface area (Å²) in [6.07, 6.45) is 3.80. The number of aryl methyl sites for hydroxylation is 2. The zero-order valence-electron chi connectivity index (χ0n) is 16.3. The second-order valence-electron chi connectivity index (χ2n) is 6.59. The zero-order chi connectivity index (χ0) is 19.9. The van der Waals surface area contributed by atoms with E-state index in [9.17, 15) is 4.79 Å². The first-order valence-electron chi connectivity index (χ1n) is 9.12. The first-order chi connectivity index (χ1) is 13.5. The van der Waals surface area contributed by atoms with Gasteiger partial charge in [-0.25, -0.2) is 9.97 Å². The molecule has 0 saturated carbocycles. The topological polar surface area (TPSA) is 76.1 Å². The molecule has 0 aliphatic carbocycles. The molecule has 1 heterocycles. The Bertz CT molecular complexity index is 938. The molecule has 6 heteroatoms. The summed E-state index contributed by atoms with van der Waals surface area (Å²) in [5, 5.41) is 6.07. The highest BCUT2D eigenvalue weighted by molar-refractivity contribution is 5.93. The van der Waals surface area contributed by atoms with Crippen molar-refractivity contribution in [2.75, 3.05) is 19.0 Å². The number of benzene rings is 2. The lowest BCUT2D eigenvalue weighted by Crippen LogP contribution is -2.26. The molecule has 2 aromatic carbocycles. The number of carbonyl (C=O) groups is 1. The summed E-state index contributed by atoms with van der Waals surface area (Å²) in [5.74, 6) is 1.09. The van der Waals surface area contributed by atoms with Gasteiger partial charge in [-0.05, 0) is 49.6 Å². The summed E-state index contributed by atoms with van der Waals surface area (Å²) in [5.41, 5.74) is 4.82. The quantitative estimate of drug-likeness (QED) is 0.656. The number of anilines is 2. The van der Waals surface area contributed by atoms with Gasteiger partial charge in [0.05, 0.1) is 12.7 Å². The number of amides is 1.